The highest BCUT2D eigenvalue weighted by Gasteiger charge is 2.37. The Morgan fingerprint density at radius 2 is 1.75 bits per heavy atom. The maximum absolute atomic E-state index is 11.9. The largest absolute Gasteiger partial charge is 0.486 e. The molecule has 3 nitrogen and oxygen atoms in total. The fourth-order valence-corrected chi connectivity index (χ4v) is 2.47. The average molecular weight is 218 g/mol. The Kier molecular flexibility index (Phi) is 1.82. The van der Waals surface area contributed by atoms with Crippen LogP contribution in [0.15, 0.2) is 12.1 Å². The van der Waals surface area contributed by atoms with Crippen molar-refractivity contribution in [2.45, 2.75) is 25.7 Å². The number of ketones is 1. The highest BCUT2D eigenvalue weighted by Crippen LogP contribution is 2.44. The Hall–Kier alpha value is -1.51. The Balaban J connectivity index is 2.20. The smallest absolute Gasteiger partial charge is 0.164 e. The number of benzene rings is 1. The molecule has 3 heteroatoms. The van der Waals surface area contributed by atoms with Gasteiger partial charge in [-0.05, 0) is 23.1 Å². The van der Waals surface area contributed by atoms with Crippen LogP contribution in [0.4, 0.5) is 0 Å². The minimum Gasteiger partial charge on any atom is -0.486 e. The molecule has 2 aliphatic rings. The fraction of sp³-hybridized carbons (Fsp3) is 0.462. The predicted molar refractivity (Wildman–Crippen MR) is 59.4 cm³/mol. The molecule has 0 atom stereocenters. The van der Waals surface area contributed by atoms with Gasteiger partial charge in [0.2, 0.25) is 0 Å². The molecule has 1 aromatic carbocycles. The van der Waals surface area contributed by atoms with Crippen LogP contribution in [0.25, 0.3) is 0 Å². The zero-order valence-corrected chi connectivity index (χ0v) is 9.50. The summed E-state index contributed by atoms with van der Waals surface area (Å²) in [6, 6.07) is 3.80. The normalized spacial score (nSPS) is 20.8. The number of hydrogen-bond acceptors (Lipinski definition) is 3. The zero-order chi connectivity index (χ0) is 11.3. The number of fused-ring (bicyclic) bond motifs is 2. The molecule has 84 valence electrons. The molecule has 0 N–H and O–H groups in total. The second-order valence-corrected chi connectivity index (χ2v) is 5.03. The van der Waals surface area contributed by atoms with Crippen LogP contribution in [0.3, 0.4) is 0 Å². The number of carbonyl (C=O) groups is 1. The van der Waals surface area contributed by atoms with Crippen LogP contribution in [0, 0.1) is 0 Å². The first-order chi connectivity index (χ1) is 7.58. The van der Waals surface area contributed by atoms with Crippen molar-refractivity contribution >= 4 is 5.78 Å². The molecule has 0 fully saturated rings. The Bertz CT molecular complexity index is 474. The van der Waals surface area contributed by atoms with E-state index in [1.807, 2.05) is 12.1 Å². The molecular weight excluding hydrogens is 204 g/mol. The highest BCUT2D eigenvalue weighted by molar-refractivity contribution is 6.02. The van der Waals surface area contributed by atoms with E-state index >= 15 is 0 Å². The molecule has 1 aliphatic heterocycles. The maximum Gasteiger partial charge on any atom is 0.164 e. The molecule has 0 saturated heterocycles. The van der Waals surface area contributed by atoms with E-state index in [1.54, 1.807) is 0 Å². The lowest BCUT2D eigenvalue weighted by Gasteiger charge is -2.22. The van der Waals surface area contributed by atoms with Gasteiger partial charge in [0.1, 0.15) is 13.2 Å². The van der Waals surface area contributed by atoms with E-state index in [0.29, 0.717) is 25.4 Å². The van der Waals surface area contributed by atoms with Gasteiger partial charge >= 0.3 is 0 Å². The standard InChI is InChI=1S/C13H14O3/c1-13(2)7-10(14)8-5-11-12(6-9(8)13)16-4-3-15-11/h5-6H,3-4,7H2,1-2H3. The van der Waals surface area contributed by atoms with E-state index in [-0.39, 0.29) is 11.2 Å². The van der Waals surface area contributed by atoms with Gasteiger partial charge in [-0.2, -0.15) is 0 Å². The summed E-state index contributed by atoms with van der Waals surface area (Å²) in [5, 5.41) is 0. The average Bonchev–Trinajstić information content (AvgIpc) is 2.47. The molecule has 3 rings (SSSR count). The lowest BCUT2D eigenvalue weighted by atomic mass is 9.86. The van der Waals surface area contributed by atoms with Crippen molar-refractivity contribution in [3.05, 3.63) is 23.3 Å². The summed E-state index contributed by atoms with van der Waals surface area (Å²) in [7, 11) is 0. The first-order valence-electron chi connectivity index (χ1n) is 5.55. The molecule has 0 saturated carbocycles. The van der Waals surface area contributed by atoms with Crippen molar-refractivity contribution in [1.29, 1.82) is 0 Å². The highest BCUT2D eigenvalue weighted by atomic mass is 16.6. The lowest BCUT2D eigenvalue weighted by Crippen LogP contribution is -2.17. The third-order valence-electron chi connectivity index (χ3n) is 3.31. The topological polar surface area (TPSA) is 35.5 Å². The molecule has 16 heavy (non-hydrogen) atoms. The number of Topliss-reactive ketones (excluding diaryl/α,β-unsaturated/α-hetero) is 1. The number of ether oxygens (including phenoxy) is 2. The van der Waals surface area contributed by atoms with Crippen molar-refractivity contribution in [1.82, 2.24) is 0 Å². The zero-order valence-electron chi connectivity index (χ0n) is 9.50. The van der Waals surface area contributed by atoms with Crippen LogP contribution in [0.1, 0.15) is 36.2 Å². The van der Waals surface area contributed by atoms with Crippen molar-refractivity contribution in [2.24, 2.45) is 0 Å². The first kappa shape index (κ1) is 9.70. The predicted octanol–water partition coefficient (Wildman–Crippen LogP) is 2.32. The molecule has 0 aromatic heterocycles. The Morgan fingerprint density at radius 3 is 2.44 bits per heavy atom. The number of hydrogen-bond donors (Lipinski definition) is 0. The van der Waals surface area contributed by atoms with Gasteiger partial charge in [-0.3, -0.25) is 4.79 Å². The molecule has 0 radical (unpaired) electrons. The minimum atomic E-state index is -0.0811. The fourth-order valence-electron chi connectivity index (χ4n) is 2.47. The Labute approximate surface area is 94.4 Å². The third kappa shape index (κ3) is 1.24. The van der Waals surface area contributed by atoms with Crippen molar-refractivity contribution in [2.75, 3.05) is 13.2 Å². The van der Waals surface area contributed by atoms with Gasteiger partial charge < -0.3 is 9.47 Å². The summed E-state index contributed by atoms with van der Waals surface area (Å²) in [5.74, 6) is 1.68. The molecule has 0 amide bonds. The van der Waals surface area contributed by atoms with E-state index in [9.17, 15) is 4.79 Å². The van der Waals surface area contributed by atoms with Crippen LogP contribution < -0.4 is 9.47 Å². The van der Waals surface area contributed by atoms with Crippen molar-refractivity contribution < 1.29 is 14.3 Å². The summed E-state index contributed by atoms with van der Waals surface area (Å²) in [5.41, 5.74) is 1.80. The first-order valence-corrected chi connectivity index (χ1v) is 5.55. The van der Waals surface area contributed by atoms with Gasteiger partial charge in [0, 0.05) is 12.0 Å². The van der Waals surface area contributed by atoms with Crippen LogP contribution in [-0.4, -0.2) is 19.0 Å². The van der Waals surface area contributed by atoms with E-state index in [2.05, 4.69) is 13.8 Å². The SMILES string of the molecule is CC1(C)CC(=O)c2cc3c(cc21)OCCO3. The Morgan fingerprint density at radius 1 is 1.12 bits per heavy atom. The molecule has 1 aromatic rings. The van der Waals surface area contributed by atoms with Crippen LogP contribution in [0.2, 0.25) is 0 Å². The van der Waals surface area contributed by atoms with Crippen molar-refractivity contribution in [3.63, 3.8) is 0 Å². The van der Waals surface area contributed by atoms with Crippen LogP contribution >= 0.6 is 0 Å². The lowest BCUT2D eigenvalue weighted by molar-refractivity contribution is 0.0979. The quantitative estimate of drug-likeness (QED) is 0.670. The maximum atomic E-state index is 11.9. The van der Waals surface area contributed by atoms with Gasteiger partial charge in [0.25, 0.3) is 0 Å². The molecule has 0 bridgehead atoms. The van der Waals surface area contributed by atoms with Crippen LogP contribution in [-0.2, 0) is 5.41 Å². The molecule has 0 spiro atoms. The van der Waals surface area contributed by atoms with E-state index < -0.39 is 0 Å². The van der Waals surface area contributed by atoms with E-state index in [1.165, 1.54) is 0 Å². The van der Waals surface area contributed by atoms with Gasteiger partial charge in [0.15, 0.2) is 17.3 Å². The summed E-state index contributed by atoms with van der Waals surface area (Å²) in [6.07, 6.45) is 0.575. The van der Waals surface area contributed by atoms with Gasteiger partial charge in [0.05, 0.1) is 0 Å². The number of carbonyl (C=O) groups excluding carboxylic acids is 1. The van der Waals surface area contributed by atoms with Gasteiger partial charge in [-0.25, -0.2) is 0 Å². The van der Waals surface area contributed by atoms with Crippen molar-refractivity contribution in [3.8, 4) is 11.5 Å². The van der Waals surface area contributed by atoms with E-state index in [4.69, 9.17) is 9.47 Å². The minimum absolute atomic E-state index is 0.0811. The second-order valence-electron chi connectivity index (χ2n) is 5.03. The molecule has 0 unspecified atom stereocenters. The van der Waals surface area contributed by atoms with Gasteiger partial charge in [-0.1, -0.05) is 13.8 Å². The summed E-state index contributed by atoms with van der Waals surface area (Å²) >= 11 is 0. The molecule has 1 aliphatic carbocycles. The summed E-state index contributed by atoms with van der Waals surface area (Å²) in [6.45, 7) is 5.32. The third-order valence-corrected chi connectivity index (χ3v) is 3.31. The van der Waals surface area contributed by atoms with E-state index in [0.717, 1.165) is 16.9 Å². The summed E-state index contributed by atoms with van der Waals surface area (Å²) in [4.78, 5) is 11.9. The molecule has 1 heterocycles. The second kappa shape index (κ2) is 3.00. The monoisotopic (exact) mass is 218 g/mol. The number of rotatable bonds is 0. The van der Waals surface area contributed by atoms with Crippen LogP contribution in [0.5, 0.6) is 11.5 Å². The summed E-state index contributed by atoms with van der Waals surface area (Å²) < 4.78 is 11.0. The van der Waals surface area contributed by atoms with Gasteiger partial charge in [-0.15, -0.1) is 0 Å². The molecular formula is C13H14O3.